The summed E-state index contributed by atoms with van der Waals surface area (Å²) in [5.74, 6) is -0.0204. The summed E-state index contributed by atoms with van der Waals surface area (Å²) in [6.45, 7) is 5.01. The largest absolute Gasteiger partial charge is 0.330 e. The zero-order valence-corrected chi connectivity index (χ0v) is 16.3. The first-order valence-electron chi connectivity index (χ1n) is 9.94. The lowest BCUT2D eigenvalue weighted by Crippen LogP contribution is -2.55. The van der Waals surface area contributed by atoms with Gasteiger partial charge in [-0.1, -0.05) is 24.3 Å². The second kappa shape index (κ2) is 8.10. The van der Waals surface area contributed by atoms with Gasteiger partial charge in [-0.25, -0.2) is 0 Å². The second-order valence-corrected chi connectivity index (χ2v) is 7.52. The van der Waals surface area contributed by atoms with Crippen LogP contribution in [0.4, 0.5) is 5.69 Å². The van der Waals surface area contributed by atoms with Crippen LogP contribution in [0, 0.1) is 6.92 Å². The molecule has 2 amide bonds. The van der Waals surface area contributed by atoms with E-state index >= 15 is 0 Å². The molecule has 0 bridgehead atoms. The molecule has 146 valence electrons. The molecule has 0 aliphatic carbocycles. The van der Waals surface area contributed by atoms with E-state index in [9.17, 15) is 9.59 Å². The second-order valence-electron chi connectivity index (χ2n) is 7.52. The normalized spacial score (nSPS) is 19.1. The number of benzene rings is 1. The van der Waals surface area contributed by atoms with Crippen LogP contribution >= 0.6 is 0 Å². The topological polar surface area (TPSA) is 56.8 Å². The van der Waals surface area contributed by atoms with Crippen LogP contribution in [0.15, 0.2) is 48.8 Å². The Labute approximate surface area is 165 Å². The number of nitrogens with zero attached hydrogens (tertiary/aromatic N) is 4. The zero-order valence-electron chi connectivity index (χ0n) is 16.3. The molecule has 0 unspecified atom stereocenters. The summed E-state index contributed by atoms with van der Waals surface area (Å²) in [7, 11) is 0. The Morgan fingerprint density at radius 3 is 2.50 bits per heavy atom. The number of aromatic nitrogens is 1. The van der Waals surface area contributed by atoms with Crippen molar-refractivity contribution in [1.82, 2.24) is 14.8 Å². The number of likely N-dealkylation sites (tertiary alicyclic amines) is 1. The lowest BCUT2D eigenvalue weighted by atomic mass is 10.1. The van der Waals surface area contributed by atoms with Crippen LogP contribution in [0.1, 0.15) is 30.0 Å². The summed E-state index contributed by atoms with van der Waals surface area (Å²) < 4.78 is 0. The van der Waals surface area contributed by atoms with Crippen LogP contribution in [-0.2, 0) is 9.59 Å². The van der Waals surface area contributed by atoms with Crippen molar-refractivity contribution in [2.24, 2.45) is 0 Å². The fourth-order valence-corrected chi connectivity index (χ4v) is 4.20. The molecule has 1 aromatic carbocycles. The quantitative estimate of drug-likeness (QED) is 0.820. The van der Waals surface area contributed by atoms with E-state index in [1.165, 1.54) is 0 Å². The third-order valence-corrected chi connectivity index (χ3v) is 5.68. The van der Waals surface area contributed by atoms with Crippen molar-refractivity contribution in [2.45, 2.75) is 25.8 Å². The number of hydrogen-bond donors (Lipinski definition) is 0. The van der Waals surface area contributed by atoms with Gasteiger partial charge in [-0.3, -0.25) is 19.5 Å². The summed E-state index contributed by atoms with van der Waals surface area (Å²) in [5, 5.41) is 0. The van der Waals surface area contributed by atoms with E-state index in [1.54, 1.807) is 22.2 Å². The standard InChI is InChI=1S/C22H26N4O2/c1-17-7-2-3-9-19(17)26-14-13-25(16-20(26)27)22(28)21(24-11-4-5-12-24)18-8-6-10-23-15-18/h2-3,6-10,15,21H,4-5,11-14,16H2,1H3/t21-/m0/s1. The summed E-state index contributed by atoms with van der Waals surface area (Å²) >= 11 is 0. The van der Waals surface area contributed by atoms with Crippen molar-refractivity contribution >= 4 is 17.5 Å². The minimum absolute atomic E-state index is 0.00711. The van der Waals surface area contributed by atoms with Crippen molar-refractivity contribution in [1.29, 1.82) is 0 Å². The highest BCUT2D eigenvalue weighted by Gasteiger charge is 2.36. The molecule has 2 aliphatic rings. The van der Waals surface area contributed by atoms with Crippen LogP contribution < -0.4 is 4.90 Å². The smallest absolute Gasteiger partial charge is 0.246 e. The third-order valence-electron chi connectivity index (χ3n) is 5.68. The Hall–Kier alpha value is -2.73. The maximum absolute atomic E-state index is 13.4. The predicted molar refractivity (Wildman–Crippen MR) is 108 cm³/mol. The highest BCUT2D eigenvalue weighted by Crippen LogP contribution is 2.28. The Balaban J connectivity index is 1.53. The lowest BCUT2D eigenvalue weighted by Gasteiger charge is -2.38. The number of aryl methyl sites for hydroxylation is 1. The van der Waals surface area contributed by atoms with Crippen molar-refractivity contribution < 1.29 is 9.59 Å². The van der Waals surface area contributed by atoms with E-state index in [0.717, 1.165) is 42.7 Å². The summed E-state index contributed by atoms with van der Waals surface area (Å²) in [6.07, 6.45) is 5.69. The van der Waals surface area contributed by atoms with Crippen LogP contribution in [0.25, 0.3) is 0 Å². The Morgan fingerprint density at radius 1 is 1.04 bits per heavy atom. The number of para-hydroxylation sites is 1. The van der Waals surface area contributed by atoms with Crippen LogP contribution in [-0.4, -0.2) is 59.3 Å². The van der Waals surface area contributed by atoms with Crippen LogP contribution in [0.2, 0.25) is 0 Å². The molecule has 1 atom stereocenters. The molecular weight excluding hydrogens is 352 g/mol. The van der Waals surface area contributed by atoms with Gasteiger partial charge in [0.15, 0.2) is 0 Å². The Bertz CT molecular complexity index is 849. The number of hydrogen-bond acceptors (Lipinski definition) is 4. The average Bonchev–Trinajstić information content (AvgIpc) is 3.24. The third kappa shape index (κ3) is 3.64. The number of carbonyl (C=O) groups excluding carboxylic acids is 2. The molecule has 3 heterocycles. The molecule has 2 fully saturated rings. The molecule has 0 N–H and O–H groups in total. The maximum Gasteiger partial charge on any atom is 0.246 e. The van der Waals surface area contributed by atoms with Gasteiger partial charge in [0, 0.05) is 31.2 Å². The van der Waals surface area contributed by atoms with Gasteiger partial charge >= 0.3 is 0 Å². The maximum atomic E-state index is 13.4. The monoisotopic (exact) mass is 378 g/mol. The predicted octanol–water partition coefficient (Wildman–Crippen LogP) is 2.40. The number of piperazine rings is 1. The molecule has 0 spiro atoms. The fourth-order valence-electron chi connectivity index (χ4n) is 4.20. The Morgan fingerprint density at radius 2 is 1.82 bits per heavy atom. The first-order valence-corrected chi connectivity index (χ1v) is 9.94. The zero-order chi connectivity index (χ0) is 19.5. The number of pyridine rings is 1. The lowest BCUT2D eigenvalue weighted by molar-refractivity contribution is -0.141. The molecule has 1 aromatic heterocycles. The molecule has 2 aromatic rings. The van der Waals surface area contributed by atoms with E-state index in [-0.39, 0.29) is 24.4 Å². The number of rotatable bonds is 4. The highest BCUT2D eigenvalue weighted by molar-refractivity contribution is 5.99. The van der Waals surface area contributed by atoms with E-state index in [1.807, 2.05) is 43.3 Å². The minimum atomic E-state index is -0.353. The van der Waals surface area contributed by atoms with E-state index < -0.39 is 0 Å². The molecule has 6 nitrogen and oxygen atoms in total. The molecule has 2 aliphatic heterocycles. The number of carbonyl (C=O) groups is 2. The highest BCUT2D eigenvalue weighted by atomic mass is 16.2. The molecule has 6 heteroatoms. The van der Waals surface area contributed by atoms with Gasteiger partial charge < -0.3 is 9.80 Å². The van der Waals surface area contributed by atoms with Gasteiger partial charge in [0.05, 0.1) is 0 Å². The first kappa shape index (κ1) is 18.6. The average molecular weight is 378 g/mol. The van der Waals surface area contributed by atoms with Gasteiger partial charge in [0.25, 0.3) is 0 Å². The molecule has 0 radical (unpaired) electrons. The van der Waals surface area contributed by atoms with Crippen LogP contribution in [0.3, 0.4) is 0 Å². The Kier molecular flexibility index (Phi) is 5.39. The summed E-state index contributed by atoms with van der Waals surface area (Å²) in [6, 6.07) is 11.4. The van der Waals surface area contributed by atoms with Crippen LogP contribution in [0.5, 0.6) is 0 Å². The SMILES string of the molecule is Cc1ccccc1N1CCN(C(=O)[C@H](c2cccnc2)N2CCCC2)CC1=O. The molecule has 4 rings (SSSR count). The van der Waals surface area contributed by atoms with E-state index in [0.29, 0.717) is 13.1 Å². The van der Waals surface area contributed by atoms with Crippen molar-refractivity contribution in [2.75, 3.05) is 37.6 Å². The van der Waals surface area contributed by atoms with Gasteiger partial charge in [-0.15, -0.1) is 0 Å². The van der Waals surface area contributed by atoms with Crippen molar-refractivity contribution in [3.8, 4) is 0 Å². The minimum Gasteiger partial charge on any atom is -0.330 e. The molecule has 28 heavy (non-hydrogen) atoms. The molecule has 2 saturated heterocycles. The van der Waals surface area contributed by atoms with Gasteiger partial charge in [0.1, 0.15) is 12.6 Å². The van der Waals surface area contributed by atoms with Gasteiger partial charge in [-0.05, 0) is 56.1 Å². The van der Waals surface area contributed by atoms with E-state index in [2.05, 4.69) is 9.88 Å². The fraction of sp³-hybridized carbons (Fsp3) is 0.409. The van der Waals surface area contributed by atoms with Gasteiger partial charge in [0.2, 0.25) is 11.8 Å². The molecule has 0 saturated carbocycles. The number of anilines is 1. The summed E-state index contributed by atoms with van der Waals surface area (Å²) in [4.78, 5) is 36.2. The van der Waals surface area contributed by atoms with E-state index in [4.69, 9.17) is 0 Å². The van der Waals surface area contributed by atoms with Crippen molar-refractivity contribution in [3.63, 3.8) is 0 Å². The number of amides is 2. The van der Waals surface area contributed by atoms with Crippen molar-refractivity contribution in [3.05, 3.63) is 59.9 Å². The van der Waals surface area contributed by atoms with Gasteiger partial charge in [-0.2, -0.15) is 0 Å². The summed E-state index contributed by atoms with van der Waals surface area (Å²) in [5.41, 5.74) is 2.91. The molecular formula is C22H26N4O2. The first-order chi connectivity index (χ1) is 13.6.